The first-order valence-corrected chi connectivity index (χ1v) is 7.73. The van der Waals surface area contributed by atoms with Crippen molar-refractivity contribution in [2.75, 3.05) is 11.4 Å². The van der Waals surface area contributed by atoms with Gasteiger partial charge in [0.05, 0.1) is 6.54 Å². The monoisotopic (exact) mass is 331 g/mol. The molecule has 0 saturated carbocycles. The number of amides is 1. The standard InChI is InChI=1S/C16H20F3NO3/c1-2-3-4-5-6-14-11-20(15(21)22-14)12-7-9-13(10-8-12)23-16(17,18)19/h7-10,14H,2-6,11H2,1H3. The molecule has 1 aromatic rings. The van der Waals surface area contributed by atoms with E-state index in [4.69, 9.17) is 4.74 Å². The number of unbranched alkanes of at least 4 members (excludes halogenated alkanes) is 3. The number of alkyl halides is 3. The zero-order valence-corrected chi connectivity index (χ0v) is 12.9. The molecule has 1 fully saturated rings. The first-order chi connectivity index (χ1) is 10.9. The average molecular weight is 331 g/mol. The third-order valence-electron chi connectivity index (χ3n) is 3.64. The Labute approximate surface area is 133 Å². The molecule has 0 aromatic heterocycles. The zero-order valence-electron chi connectivity index (χ0n) is 12.9. The highest BCUT2D eigenvalue weighted by atomic mass is 19.4. The number of cyclic esters (lactones) is 1. The summed E-state index contributed by atoms with van der Waals surface area (Å²) in [4.78, 5) is 13.3. The van der Waals surface area contributed by atoms with Gasteiger partial charge in [-0.05, 0) is 37.1 Å². The Balaban J connectivity index is 1.90. The third kappa shape index (κ3) is 5.33. The van der Waals surface area contributed by atoms with Crippen molar-refractivity contribution in [3.05, 3.63) is 24.3 Å². The number of carbonyl (C=O) groups excluding carboxylic acids is 1. The summed E-state index contributed by atoms with van der Waals surface area (Å²) in [5.41, 5.74) is 0.501. The molecule has 0 aliphatic carbocycles. The van der Waals surface area contributed by atoms with Crippen LogP contribution in [0.25, 0.3) is 0 Å². The maximum Gasteiger partial charge on any atom is 0.573 e. The Bertz CT molecular complexity index is 516. The number of rotatable bonds is 7. The summed E-state index contributed by atoms with van der Waals surface area (Å²) >= 11 is 0. The van der Waals surface area contributed by atoms with Crippen molar-refractivity contribution in [2.45, 2.75) is 51.5 Å². The van der Waals surface area contributed by atoms with Gasteiger partial charge in [-0.3, -0.25) is 4.90 Å². The van der Waals surface area contributed by atoms with Crippen molar-refractivity contribution in [1.29, 1.82) is 0 Å². The summed E-state index contributed by atoms with van der Waals surface area (Å²) in [6, 6.07) is 5.21. The molecule has 1 unspecified atom stereocenters. The van der Waals surface area contributed by atoms with E-state index >= 15 is 0 Å². The highest BCUT2D eigenvalue weighted by Crippen LogP contribution is 2.28. The number of benzene rings is 1. The van der Waals surface area contributed by atoms with E-state index in [2.05, 4.69) is 11.7 Å². The Morgan fingerprint density at radius 2 is 1.91 bits per heavy atom. The van der Waals surface area contributed by atoms with Crippen molar-refractivity contribution < 1.29 is 27.4 Å². The molecule has 0 spiro atoms. The van der Waals surface area contributed by atoms with E-state index in [9.17, 15) is 18.0 Å². The molecule has 1 amide bonds. The van der Waals surface area contributed by atoms with Crippen LogP contribution in [0.3, 0.4) is 0 Å². The Hall–Kier alpha value is -1.92. The lowest BCUT2D eigenvalue weighted by Crippen LogP contribution is -2.24. The molecule has 1 aliphatic heterocycles. The highest BCUT2D eigenvalue weighted by molar-refractivity contribution is 5.89. The van der Waals surface area contributed by atoms with Crippen LogP contribution in [-0.4, -0.2) is 25.1 Å². The number of ether oxygens (including phenoxy) is 2. The van der Waals surface area contributed by atoms with Gasteiger partial charge in [-0.2, -0.15) is 0 Å². The van der Waals surface area contributed by atoms with Crippen LogP contribution in [0.15, 0.2) is 24.3 Å². The van der Waals surface area contributed by atoms with Crippen LogP contribution in [0.1, 0.15) is 39.0 Å². The average Bonchev–Trinajstić information content (AvgIpc) is 2.84. The molecule has 1 aliphatic rings. The highest BCUT2D eigenvalue weighted by Gasteiger charge is 2.33. The van der Waals surface area contributed by atoms with E-state index < -0.39 is 12.5 Å². The first kappa shape index (κ1) is 17.4. The largest absolute Gasteiger partial charge is 0.573 e. The summed E-state index contributed by atoms with van der Waals surface area (Å²) in [6.45, 7) is 2.55. The fourth-order valence-corrected chi connectivity index (χ4v) is 2.51. The minimum absolute atomic E-state index is 0.162. The normalized spacial score (nSPS) is 18.2. The van der Waals surface area contributed by atoms with E-state index in [1.165, 1.54) is 29.2 Å². The van der Waals surface area contributed by atoms with Crippen molar-refractivity contribution >= 4 is 11.8 Å². The molecule has 0 radical (unpaired) electrons. The maximum atomic E-state index is 12.1. The van der Waals surface area contributed by atoms with E-state index in [1.807, 2.05) is 0 Å². The fraction of sp³-hybridized carbons (Fsp3) is 0.562. The predicted octanol–water partition coefficient (Wildman–Crippen LogP) is 4.88. The topological polar surface area (TPSA) is 38.8 Å². The third-order valence-corrected chi connectivity index (χ3v) is 3.64. The summed E-state index contributed by atoms with van der Waals surface area (Å²) in [6.07, 6.45) is -0.143. The van der Waals surface area contributed by atoms with Crippen LogP contribution in [0.5, 0.6) is 5.75 Å². The summed E-state index contributed by atoms with van der Waals surface area (Å²) < 4.78 is 45.5. The van der Waals surface area contributed by atoms with Gasteiger partial charge >= 0.3 is 12.5 Å². The van der Waals surface area contributed by atoms with Gasteiger partial charge in [0.2, 0.25) is 0 Å². The van der Waals surface area contributed by atoms with Gasteiger partial charge in [0.1, 0.15) is 11.9 Å². The van der Waals surface area contributed by atoms with Gasteiger partial charge in [-0.1, -0.05) is 26.2 Å². The lowest BCUT2D eigenvalue weighted by Gasteiger charge is -2.14. The second-order valence-electron chi connectivity index (χ2n) is 5.51. The molecule has 1 heterocycles. The molecule has 0 N–H and O–H groups in total. The van der Waals surface area contributed by atoms with Crippen molar-refractivity contribution in [3.8, 4) is 5.75 Å². The Kier molecular flexibility index (Phi) is 5.74. The molecule has 1 saturated heterocycles. The van der Waals surface area contributed by atoms with Gasteiger partial charge in [0.15, 0.2) is 0 Å². The van der Waals surface area contributed by atoms with E-state index in [-0.39, 0.29) is 11.9 Å². The number of nitrogens with zero attached hydrogens (tertiary/aromatic N) is 1. The first-order valence-electron chi connectivity index (χ1n) is 7.73. The molecular formula is C16H20F3NO3. The quantitative estimate of drug-likeness (QED) is 0.668. The van der Waals surface area contributed by atoms with Gasteiger partial charge in [0, 0.05) is 5.69 Å². The molecular weight excluding hydrogens is 311 g/mol. The lowest BCUT2D eigenvalue weighted by atomic mass is 10.1. The molecule has 23 heavy (non-hydrogen) atoms. The smallest absolute Gasteiger partial charge is 0.444 e. The van der Waals surface area contributed by atoms with E-state index in [0.717, 1.165) is 32.1 Å². The second kappa shape index (κ2) is 7.57. The van der Waals surface area contributed by atoms with Crippen molar-refractivity contribution in [2.24, 2.45) is 0 Å². The molecule has 1 atom stereocenters. The summed E-state index contributed by atoms with van der Waals surface area (Å²) in [7, 11) is 0. The molecule has 7 heteroatoms. The number of hydrogen-bond acceptors (Lipinski definition) is 3. The molecule has 1 aromatic carbocycles. The maximum absolute atomic E-state index is 12.1. The molecule has 128 valence electrons. The fourth-order valence-electron chi connectivity index (χ4n) is 2.51. The SMILES string of the molecule is CCCCCCC1CN(c2ccc(OC(F)(F)F)cc2)C(=O)O1. The van der Waals surface area contributed by atoms with Crippen LogP contribution < -0.4 is 9.64 Å². The van der Waals surface area contributed by atoms with Crippen LogP contribution >= 0.6 is 0 Å². The number of halogens is 3. The van der Waals surface area contributed by atoms with Crippen LogP contribution in [0.2, 0.25) is 0 Å². The van der Waals surface area contributed by atoms with Crippen LogP contribution in [0.4, 0.5) is 23.7 Å². The Morgan fingerprint density at radius 1 is 1.22 bits per heavy atom. The predicted molar refractivity (Wildman–Crippen MR) is 79.5 cm³/mol. The minimum Gasteiger partial charge on any atom is -0.444 e. The van der Waals surface area contributed by atoms with Crippen LogP contribution in [-0.2, 0) is 4.74 Å². The van der Waals surface area contributed by atoms with Crippen molar-refractivity contribution in [1.82, 2.24) is 0 Å². The van der Waals surface area contributed by atoms with Gasteiger partial charge in [-0.15, -0.1) is 13.2 Å². The number of hydrogen-bond donors (Lipinski definition) is 0. The van der Waals surface area contributed by atoms with Crippen molar-refractivity contribution in [3.63, 3.8) is 0 Å². The molecule has 0 bridgehead atoms. The summed E-state index contributed by atoms with van der Waals surface area (Å²) in [5.74, 6) is -0.315. The second-order valence-corrected chi connectivity index (χ2v) is 5.51. The summed E-state index contributed by atoms with van der Waals surface area (Å²) in [5, 5.41) is 0. The lowest BCUT2D eigenvalue weighted by molar-refractivity contribution is -0.274. The van der Waals surface area contributed by atoms with E-state index in [0.29, 0.717) is 12.2 Å². The molecule has 2 rings (SSSR count). The van der Waals surface area contributed by atoms with Crippen LogP contribution in [0, 0.1) is 0 Å². The number of anilines is 1. The zero-order chi connectivity index (χ0) is 16.9. The van der Waals surface area contributed by atoms with Gasteiger partial charge in [-0.25, -0.2) is 4.79 Å². The molecule has 4 nitrogen and oxygen atoms in total. The van der Waals surface area contributed by atoms with Gasteiger partial charge < -0.3 is 9.47 Å². The minimum atomic E-state index is -4.72. The van der Waals surface area contributed by atoms with Gasteiger partial charge in [0.25, 0.3) is 0 Å². The number of carbonyl (C=O) groups is 1. The van der Waals surface area contributed by atoms with E-state index in [1.54, 1.807) is 0 Å². The Morgan fingerprint density at radius 3 is 2.52 bits per heavy atom.